The number of esters is 1. The molecule has 0 bridgehead atoms. The summed E-state index contributed by atoms with van der Waals surface area (Å²) in [5.41, 5.74) is 2.67. The van der Waals surface area contributed by atoms with Gasteiger partial charge in [0, 0.05) is 9.13 Å². The number of carbonyl (C=O) groups is 1. The zero-order valence-corrected chi connectivity index (χ0v) is 29.3. The number of nitrogens with zero attached hydrogens (tertiary/aromatic N) is 2. The van der Waals surface area contributed by atoms with Gasteiger partial charge in [-0.25, -0.2) is 9.79 Å². The predicted molar refractivity (Wildman–Crippen MR) is 185 cm³/mol. The molecule has 3 aromatic carbocycles. The van der Waals surface area contributed by atoms with Gasteiger partial charge in [-0.1, -0.05) is 52.7 Å². The first-order valence-corrected chi connectivity index (χ1v) is 16.7. The second kappa shape index (κ2) is 14.4. The van der Waals surface area contributed by atoms with Gasteiger partial charge < -0.3 is 18.9 Å². The van der Waals surface area contributed by atoms with Crippen molar-refractivity contribution in [3.05, 3.63) is 116 Å². The topological polar surface area (TPSA) is 88.4 Å². The summed E-state index contributed by atoms with van der Waals surface area (Å²) < 4.78 is 25.8. The highest BCUT2D eigenvalue weighted by atomic mass is 127. The molecule has 0 saturated carbocycles. The third kappa shape index (κ3) is 7.09. The third-order valence-corrected chi connectivity index (χ3v) is 9.29. The number of hydrogen-bond donors (Lipinski definition) is 0. The van der Waals surface area contributed by atoms with Crippen molar-refractivity contribution in [1.82, 2.24) is 4.57 Å². The van der Waals surface area contributed by atoms with Crippen LogP contribution < -0.4 is 29.1 Å². The monoisotopic (exact) mass is 778 g/mol. The molecule has 0 fully saturated rings. The van der Waals surface area contributed by atoms with Crippen LogP contribution in [0, 0.1) is 3.57 Å². The molecule has 0 amide bonds. The standard InChI is InChI=1S/C33H29Cl2IN2O6S/c1-5-42-23-10-8-20(9-11-23)29-28(32(40)43-6-2)18(3)37-33-38(29)31(39)27(45-33)15-21-14-22(36)16-26(41-4)30(21)44-17-19-7-12-24(34)25(35)13-19/h7-16,29H,5-6,17H2,1-4H3/b27-15-/t29-/m0/s1. The van der Waals surface area contributed by atoms with Crippen molar-refractivity contribution < 1.29 is 23.7 Å². The molecule has 234 valence electrons. The van der Waals surface area contributed by atoms with Crippen LogP contribution in [0.15, 0.2) is 75.7 Å². The Morgan fingerprint density at radius 3 is 2.47 bits per heavy atom. The lowest BCUT2D eigenvalue weighted by atomic mass is 9.96. The Bertz CT molecular complexity index is 1970. The highest BCUT2D eigenvalue weighted by Gasteiger charge is 2.33. The lowest BCUT2D eigenvalue weighted by Gasteiger charge is -2.24. The lowest BCUT2D eigenvalue weighted by molar-refractivity contribution is -0.139. The van der Waals surface area contributed by atoms with Crippen LogP contribution >= 0.6 is 57.1 Å². The third-order valence-electron chi connectivity index (χ3n) is 6.95. The summed E-state index contributed by atoms with van der Waals surface area (Å²) in [6.07, 6.45) is 1.76. The maximum absolute atomic E-state index is 14.2. The van der Waals surface area contributed by atoms with E-state index in [1.54, 1.807) is 43.7 Å². The number of allylic oxidation sites excluding steroid dienone is 1. The highest BCUT2D eigenvalue weighted by Crippen LogP contribution is 2.36. The van der Waals surface area contributed by atoms with Gasteiger partial charge in [-0.2, -0.15) is 0 Å². The van der Waals surface area contributed by atoms with Gasteiger partial charge in [0.2, 0.25) is 0 Å². The molecule has 0 saturated heterocycles. The lowest BCUT2D eigenvalue weighted by Crippen LogP contribution is -2.39. The Balaban J connectivity index is 1.64. The van der Waals surface area contributed by atoms with E-state index in [1.165, 1.54) is 11.3 Å². The maximum atomic E-state index is 14.2. The van der Waals surface area contributed by atoms with Gasteiger partial charge in [-0.15, -0.1) is 0 Å². The molecule has 0 radical (unpaired) electrons. The number of hydrogen-bond acceptors (Lipinski definition) is 8. The van der Waals surface area contributed by atoms with Crippen molar-refractivity contribution in [2.24, 2.45) is 4.99 Å². The van der Waals surface area contributed by atoms with Crippen molar-refractivity contribution >= 4 is 69.2 Å². The fraction of sp³-hybridized carbons (Fsp3) is 0.242. The van der Waals surface area contributed by atoms with Crippen LogP contribution in [0.3, 0.4) is 0 Å². The minimum atomic E-state index is -0.742. The molecule has 2 heterocycles. The van der Waals surface area contributed by atoms with Crippen LogP contribution in [-0.4, -0.2) is 30.9 Å². The minimum Gasteiger partial charge on any atom is -0.494 e. The molecule has 45 heavy (non-hydrogen) atoms. The zero-order valence-electron chi connectivity index (χ0n) is 24.9. The second-order valence-corrected chi connectivity index (χ2v) is 12.9. The summed E-state index contributed by atoms with van der Waals surface area (Å²) in [5, 5.41) is 0.876. The number of ether oxygens (including phenoxy) is 4. The maximum Gasteiger partial charge on any atom is 0.338 e. The fourth-order valence-electron chi connectivity index (χ4n) is 4.95. The van der Waals surface area contributed by atoms with E-state index in [-0.39, 0.29) is 18.8 Å². The molecule has 1 atom stereocenters. The summed E-state index contributed by atoms with van der Waals surface area (Å²) in [6, 6.07) is 15.6. The quantitative estimate of drug-likeness (QED) is 0.132. The number of rotatable bonds is 10. The Morgan fingerprint density at radius 1 is 1.04 bits per heavy atom. The molecule has 12 heteroatoms. The molecule has 0 unspecified atom stereocenters. The first-order chi connectivity index (χ1) is 21.6. The summed E-state index contributed by atoms with van der Waals surface area (Å²) >= 11 is 15.7. The Hall–Kier alpha value is -3.32. The normalized spacial score (nSPS) is 14.6. The van der Waals surface area contributed by atoms with Crippen LogP contribution in [0.2, 0.25) is 10.0 Å². The first kappa shape index (κ1) is 33.1. The average molecular weight is 779 g/mol. The van der Waals surface area contributed by atoms with Gasteiger partial charge in [-0.3, -0.25) is 9.36 Å². The SMILES string of the molecule is CCOC(=O)C1=C(C)N=c2s/c(=C\c3cc(I)cc(OC)c3OCc3ccc(Cl)c(Cl)c3)c(=O)n2[C@H]1c1ccc(OCC)cc1. The molecular weight excluding hydrogens is 750 g/mol. The van der Waals surface area contributed by atoms with E-state index in [2.05, 4.69) is 27.6 Å². The van der Waals surface area contributed by atoms with Crippen molar-refractivity contribution in [2.45, 2.75) is 33.4 Å². The highest BCUT2D eigenvalue weighted by molar-refractivity contribution is 14.1. The molecule has 1 aromatic heterocycles. The molecule has 1 aliphatic heterocycles. The van der Waals surface area contributed by atoms with Crippen LogP contribution in [0.1, 0.15) is 43.5 Å². The largest absolute Gasteiger partial charge is 0.494 e. The van der Waals surface area contributed by atoms with Crippen LogP contribution in [0.4, 0.5) is 0 Å². The number of thiazole rings is 1. The number of halogens is 3. The Kier molecular flexibility index (Phi) is 10.6. The fourth-order valence-corrected chi connectivity index (χ4v) is 6.92. The Morgan fingerprint density at radius 2 is 1.80 bits per heavy atom. The smallest absolute Gasteiger partial charge is 0.338 e. The van der Waals surface area contributed by atoms with Crippen molar-refractivity contribution in [3.63, 3.8) is 0 Å². The summed E-state index contributed by atoms with van der Waals surface area (Å²) in [6.45, 7) is 6.30. The number of fused-ring (bicyclic) bond motifs is 1. The minimum absolute atomic E-state index is 0.190. The number of benzene rings is 3. The molecule has 0 N–H and O–H groups in total. The predicted octanol–water partition coefficient (Wildman–Crippen LogP) is 6.70. The van der Waals surface area contributed by atoms with Gasteiger partial charge in [0.1, 0.15) is 12.4 Å². The van der Waals surface area contributed by atoms with E-state index < -0.39 is 12.0 Å². The van der Waals surface area contributed by atoms with Crippen LogP contribution in [0.25, 0.3) is 6.08 Å². The van der Waals surface area contributed by atoms with E-state index in [9.17, 15) is 9.59 Å². The zero-order chi connectivity index (χ0) is 32.2. The molecule has 5 rings (SSSR count). The van der Waals surface area contributed by atoms with Gasteiger partial charge in [0.25, 0.3) is 5.56 Å². The van der Waals surface area contributed by atoms with Gasteiger partial charge >= 0.3 is 5.97 Å². The number of aromatic nitrogens is 1. The molecule has 8 nitrogen and oxygen atoms in total. The van der Waals surface area contributed by atoms with E-state index in [0.717, 1.165) is 14.7 Å². The number of carbonyl (C=O) groups excluding carboxylic acids is 1. The molecule has 0 aliphatic carbocycles. The molecule has 1 aliphatic rings. The van der Waals surface area contributed by atoms with Crippen molar-refractivity contribution in [1.29, 1.82) is 0 Å². The van der Waals surface area contributed by atoms with E-state index >= 15 is 0 Å². The molecule has 0 spiro atoms. The first-order valence-electron chi connectivity index (χ1n) is 14.0. The Labute approximate surface area is 287 Å². The van der Waals surface area contributed by atoms with E-state index in [1.807, 2.05) is 49.4 Å². The van der Waals surface area contributed by atoms with E-state index in [4.69, 9.17) is 42.1 Å². The van der Waals surface area contributed by atoms with Crippen molar-refractivity contribution in [2.75, 3.05) is 20.3 Å². The van der Waals surface area contributed by atoms with Crippen molar-refractivity contribution in [3.8, 4) is 17.2 Å². The summed E-state index contributed by atoms with van der Waals surface area (Å²) in [5.74, 6) is 1.13. The van der Waals surface area contributed by atoms with Crippen LogP contribution in [-0.2, 0) is 16.1 Å². The summed E-state index contributed by atoms with van der Waals surface area (Å²) in [7, 11) is 1.56. The number of methoxy groups -OCH3 is 1. The van der Waals surface area contributed by atoms with E-state index in [0.29, 0.717) is 60.1 Å². The van der Waals surface area contributed by atoms with Gasteiger partial charge in [-0.05, 0) is 97.0 Å². The van der Waals surface area contributed by atoms with Gasteiger partial charge in [0.05, 0.1) is 52.2 Å². The van der Waals surface area contributed by atoms with Gasteiger partial charge in [0.15, 0.2) is 16.3 Å². The summed E-state index contributed by atoms with van der Waals surface area (Å²) in [4.78, 5) is 32.6. The van der Waals surface area contributed by atoms with Crippen LogP contribution in [0.5, 0.6) is 17.2 Å². The average Bonchev–Trinajstić information content (AvgIpc) is 3.31. The molecule has 4 aromatic rings. The second-order valence-electron chi connectivity index (χ2n) is 9.87. The molecular formula is C33H29Cl2IN2O6S.